The van der Waals surface area contributed by atoms with Gasteiger partial charge in [-0.25, -0.2) is 15.0 Å². The summed E-state index contributed by atoms with van der Waals surface area (Å²) in [6, 6.07) is -0.105. The number of nitrogens with one attached hydrogen (secondary N) is 2. The van der Waals surface area contributed by atoms with Crippen LogP contribution in [0.25, 0.3) is 11.2 Å². The summed E-state index contributed by atoms with van der Waals surface area (Å²) in [7, 11) is 0. The molecule has 0 radical (unpaired) electrons. The van der Waals surface area contributed by atoms with Crippen LogP contribution in [-0.4, -0.2) is 37.7 Å². The van der Waals surface area contributed by atoms with Gasteiger partial charge in [-0.2, -0.15) is 0 Å². The van der Waals surface area contributed by atoms with E-state index < -0.39 is 0 Å². The Labute approximate surface area is 110 Å². The van der Waals surface area contributed by atoms with Gasteiger partial charge in [0, 0.05) is 0 Å². The fourth-order valence-electron chi connectivity index (χ4n) is 1.91. The molecule has 2 heterocycles. The van der Waals surface area contributed by atoms with Crippen molar-refractivity contribution in [2.24, 2.45) is 5.92 Å². The maximum absolute atomic E-state index is 11.2. The fraction of sp³-hybridized carbons (Fsp3) is 0.500. The molecule has 0 unspecified atom stereocenters. The summed E-state index contributed by atoms with van der Waals surface area (Å²) in [6.07, 6.45) is 3.35. The van der Waals surface area contributed by atoms with Gasteiger partial charge < -0.3 is 15.4 Å². The van der Waals surface area contributed by atoms with E-state index in [0.29, 0.717) is 22.9 Å². The Morgan fingerprint density at radius 3 is 2.84 bits per heavy atom. The zero-order valence-corrected chi connectivity index (χ0v) is 10.9. The molecule has 0 aliphatic rings. The molecule has 0 aliphatic heterocycles. The van der Waals surface area contributed by atoms with Crippen LogP contribution in [0.15, 0.2) is 17.3 Å². The molecule has 0 saturated carbocycles. The number of H-pyrrole nitrogens is 1. The molecule has 2 aromatic heterocycles. The first kappa shape index (κ1) is 13.4. The maximum atomic E-state index is 11.2. The molecule has 0 bridgehead atoms. The summed E-state index contributed by atoms with van der Waals surface area (Å²) in [5.41, 5.74) is 0.564. The molecule has 0 saturated heterocycles. The number of rotatable bonds is 5. The Morgan fingerprint density at radius 2 is 2.16 bits per heavy atom. The van der Waals surface area contributed by atoms with Crippen molar-refractivity contribution in [2.75, 3.05) is 11.9 Å². The normalized spacial score (nSPS) is 12.8. The lowest BCUT2D eigenvalue weighted by atomic mass is 10.0. The largest absolute Gasteiger partial charge is 0.394 e. The summed E-state index contributed by atoms with van der Waals surface area (Å²) in [5, 5.41) is 12.5. The molecule has 102 valence electrons. The van der Waals surface area contributed by atoms with Crippen molar-refractivity contribution in [3.8, 4) is 0 Å². The Morgan fingerprint density at radius 1 is 1.37 bits per heavy atom. The third kappa shape index (κ3) is 3.25. The van der Waals surface area contributed by atoms with Crippen LogP contribution in [0.2, 0.25) is 0 Å². The highest BCUT2D eigenvalue weighted by molar-refractivity contribution is 5.81. The topological polar surface area (TPSA) is 104 Å². The molecular weight excluding hydrogens is 246 g/mol. The number of nitrogens with zero attached hydrogens (tertiary/aromatic N) is 3. The van der Waals surface area contributed by atoms with Crippen molar-refractivity contribution in [3.63, 3.8) is 0 Å². The first-order chi connectivity index (χ1) is 9.10. The van der Waals surface area contributed by atoms with Crippen molar-refractivity contribution < 1.29 is 5.11 Å². The van der Waals surface area contributed by atoms with Crippen LogP contribution in [0.3, 0.4) is 0 Å². The van der Waals surface area contributed by atoms with E-state index in [-0.39, 0.29) is 18.2 Å². The lowest BCUT2D eigenvalue weighted by Crippen LogP contribution is -2.26. The minimum Gasteiger partial charge on any atom is -0.394 e. The van der Waals surface area contributed by atoms with Crippen LogP contribution in [0, 0.1) is 5.92 Å². The van der Waals surface area contributed by atoms with E-state index in [4.69, 9.17) is 0 Å². The van der Waals surface area contributed by atoms with Crippen molar-refractivity contribution in [1.82, 2.24) is 19.9 Å². The molecule has 3 N–H and O–H groups in total. The van der Waals surface area contributed by atoms with E-state index in [1.165, 1.54) is 12.5 Å². The van der Waals surface area contributed by atoms with Crippen LogP contribution in [0.4, 0.5) is 5.82 Å². The van der Waals surface area contributed by atoms with E-state index in [9.17, 15) is 9.90 Å². The third-order valence-corrected chi connectivity index (χ3v) is 2.69. The van der Waals surface area contributed by atoms with Gasteiger partial charge >= 0.3 is 0 Å². The summed E-state index contributed by atoms with van der Waals surface area (Å²) >= 11 is 0. The number of anilines is 1. The fourth-order valence-corrected chi connectivity index (χ4v) is 1.91. The van der Waals surface area contributed by atoms with Gasteiger partial charge in [-0.3, -0.25) is 4.79 Å². The van der Waals surface area contributed by atoms with Gasteiger partial charge in [0.05, 0.1) is 18.8 Å². The lowest BCUT2D eigenvalue weighted by Gasteiger charge is -2.19. The number of aliphatic hydroxyl groups is 1. The molecule has 1 atom stereocenters. The van der Waals surface area contributed by atoms with Gasteiger partial charge in [0.25, 0.3) is 5.56 Å². The first-order valence-corrected chi connectivity index (χ1v) is 6.17. The summed E-state index contributed by atoms with van der Waals surface area (Å²) in [4.78, 5) is 25.9. The summed E-state index contributed by atoms with van der Waals surface area (Å²) < 4.78 is 0. The molecule has 0 aliphatic carbocycles. The Kier molecular flexibility index (Phi) is 4.06. The van der Waals surface area contributed by atoms with Gasteiger partial charge in [-0.15, -0.1) is 0 Å². The second-order valence-corrected chi connectivity index (χ2v) is 4.82. The van der Waals surface area contributed by atoms with Crippen molar-refractivity contribution in [1.29, 1.82) is 0 Å². The molecule has 19 heavy (non-hydrogen) atoms. The van der Waals surface area contributed by atoms with Crippen LogP contribution in [0.1, 0.15) is 20.3 Å². The van der Waals surface area contributed by atoms with Gasteiger partial charge in [-0.05, 0) is 12.3 Å². The molecule has 7 nitrogen and oxygen atoms in total. The third-order valence-electron chi connectivity index (χ3n) is 2.69. The molecule has 0 fully saturated rings. The Bertz CT molecular complexity index is 610. The number of fused-ring (bicyclic) bond motifs is 1. The molecule has 0 amide bonds. The standard InChI is InChI=1S/C12H17N5O2/c1-7(2)3-8(5-18)16-11-10-12(15-6-14-11)17-9(19)4-13-10/h4,6-8,18H,3,5H2,1-2H3,(H2,14,15,16,17,19)/t8-/m1/s1. The zero-order chi connectivity index (χ0) is 13.8. The second kappa shape index (κ2) is 5.75. The highest BCUT2D eigenvalue weighted by atomic mass is 16.3. The average molecular weight is 263 g/mol. The van der Waals surface area contributed by atoms with E-state index in [0.717, 1.165) is 6.42 Å². The van der Waals surface area contributed by atoms with Crippen molar-refractivity contribution in [3.05, 3.63) is 22.9 Å². The van der Waals surface area contributed by atoms with E-state index >= 15 is 0 Å². The highest BCUT2D eigenvalue weighted by Crippen LogP contribution is 2.16. The predicted octanol–water partition coefficient (Wildman–Crippen LogP) is 0.532. The predicted molar refractivity (Wildman–Crippen MR) is 71.9 cm³/mol. The lowest BCUT2D eigenvalue weighted by molar-refractivity contribution is 0.259. The zero-order valence-electron chi connectivity index (χ0n) is 10.9. The maximum Gasteiger partial charge on any atom is 0.268 e. The van der Waals surface area contributed by atoms with E-state index in [2.05, 4.69) is 39.1 Å². The minimum absolute atomic E-state index is 0.00697. The van der Waals surface area contributed by atoms with Gasteiger partial charge in [-0.1, -0.05) is 13.8 Å². The van der Waals surface area contributed by atoms with Crippen molar-refractivity contribution in [2.45, 2.75) is 26.3 Å². The smallest absolute Gasteiger partial charge is 0.268 e. The number of hydrogen-bond donors (Lipinski definition) is 3. The van der Waals surface area contributed by atoms with Crippen LogP contribution < -0.4 is 10.9 Å². The number of aromatic amines is 1. The average Bonchev–Trinajstić information content (AvgIpc) is 2.37. The first-order valence-electron chi connectivity index (χ1n) is 6.17. The number of aromatic nitrogens is 4. The van der Waals surface area contributed by atoms with Crippen LogP contribution in [-0.2, 0) is 0 Å². The number of hydrogen-bond acceptors (Lipinski definition) is 6. The second-order valence-electron chi connectivity index (χ2n) is 4.82. The summed E-state index contributed by atoms with van der Waals surface area (Å²) in [6.45, 7) is 4.17. The monoisotopic (exact) mass is 263 g/mol. The minimum atomic E-state index is -0.307. The molecule has 7 heteroatoms. The van der Waals surface area contributed by atoms with Gasteiger partial charge in [0.15, 0.2) is 11.5 Å². The Hall–Kier alpha value is -2.02. The quantitative estimate of drug-likeness (QED) is 0.727. The highest BCUT2D eigenvalue weighted by Gasteiger charge is 2.13. The summed E-state index contributed by atoms with van der Waals surface area (Å²) in [5.74, 6) is 0.964. The molecular formula is C12H17N5O2. The van der Waals surface area contributed by atoms with Crippen molar-refractivity contribution >= 4 is 17.0 Å². The molecule has 2 aromatic rings. The van der Waals surface area contributed by atoms with Crippen LogP contribution >= 0.6 is 0 Å². The van der Waals surface area contributed by atoms with Gasteiger partial charge in [0.2, 0.25) is 0 Å². The number of aliphatic hydroxyl groups excluding tert-OH is 1. The van der Waals surface area contributed by atoms with Crippen LogP contribution in [0.5, 0.6) is 0 Å². The molecule has 0 aromatic carbocycles. The van der Waals surface area contributed by atoms with E-state index in [1.807, 2.05) is 0 Å². The molecule has 0 spiro atoms. The van der Waals surface area contributed by atoms with E-state index in [1.54, 1.807) is 0 Å². The Balaban J connectivity index is 2.31. The molecule has 2 rings (SSSR count). The SMILES string of the molecule is CC(C)C[C@H](CO)Nc1ncnc2[nH]c(=O)cnc12. The van der Waals surface area contributed by atoms with Gasteiger partial charge in [0.1, 0.15) is 11.8 Å².